The molecule has 0 fully saturated rings. The Bertz CT molecular complexity index is 197. The molecule has 0 aliphatic rings. The number of ether oxygens (including phenoxy) is 1. The fourth-order valence-corrected chi connectivity index (χ4v) is 1.15. The van der Waals surface area contributed by atoms with Crippen molar-refractivity contribution in [3.63, 3.8) is 0 Å². The zero-order chi connectivity index (χ0) is 11.7. The van der Waals surface area contributed by atoms with Gasteiger partial charge in [0.25, 0.3) is 5.91 Å². The average molecular weight is 214 g/mol. The number of nitrogens with one attached hydrogen (secondary N) is 1. The van der Waals surface area contributed by atoms with Crippen molar-refractivity contribution in [3.05, 3.63) is 12.2 Å². The predicted molar refractivity (Wildman–Crippen MR) is 61.3 cm³/mol. The highest BCUT2D eigenvalue weighted by Gasteiger charge is 2.03. The van der Waals surface area contributed by atoms with Gasteiger partial charge in [0.15, 0.2) is 0 Å². The largest absolute Gasteiger partial charge is 0.377 e. The Morgan fingerprint density at radius 2 is 2.00 bits per heavy atom. The van der Waals surface area contributed by atoms with Gasteiger partial charge in [0.2, 0.25) is 0 Å². The minimum absolute atomic E-state index is 0.0208. The van der Waals surface area contributed by atoms with Crippen molar-refractivity contribution in [3.8, 4) is 0 Å². The first-order valence-corrected chi connectivity index (χ1v) is 5.44. The Morgan fingerprint density at radius 3 is 2.40 bits per heavy atom. The van der Waals surface area contributed by atoms with Crippen molar-refractivity contribution < 1.29 is 9.53 Å². The lowest BCUT2D eigenvalue weighted by atomic mass is 10.2. The van der Waals surface area contributed by atoms with E-state index in [0.29, 0.717) is 0 Å². The van der Waals surface area contributed by atoms with Gasteiger partial charge in [-0.2, -0.15) is 0 Å². The first-order valence-electron chi connectivity index (χ1n) is 5.44. The molecule has 0 rings (SSSR count). The Hall–Kier alpha value is -0.870. The van der Waals surface area contributed by atoms with E-state index in [-0.39, 0.29) is 12.0 Å². The van der Waals surface area contributed by atoms with Gasteiger partial charge in [-0.25, -0.2) is 5.01 Å². The first-order chi connectivity index (χ1) is 7.17. The maximum atomic E-state index is 11.4. The number of carbonyl (C=O) groups excluding carboxylic acids is 1. The molecule has 0 saturated heterocycles. The summed E-state index contributed by atoms with van der Waals surface area (Å²) in [4.78, 5) is 11.4. The molecule has 15 heavy (non-hydrogen) atoms. The molecule has 0 aliphatic heterocycles. The Morgan fingerprint density at radius 1 is 1.40 bits per heavy atom. The second-order valence-corrected chi connectivity index (χ2v) is 3.19. The van der Waals surface area contributed by atoms with Crippen LogP contribution in [-0.4, -0.2) is 37.2 Å². The number of nitrogens with zero attached hydrogens (tertiary/aromatic N) is 1. The first kappa shape index (κ1) is 14.1. The molecule has 0 radical (unpaired) electrons. The summed E-state index contributed by atoms with van der Waals surface area (Å²) in [6, 6.07) is 0. The lowest BCUT2D eigenvalue weighted by molar-refractivity contribution is -0.121. The highest BCUT2D eigenvalue weighted by atomic mass is 16.5. The van der Waals surface area contributed by atoms with Crippen molar-refractivity contribution in [1.82, 2.24) is 10.4 Å². The van der Waals surface area contributed by atoms with Gasteiger partial charge < -0.3 is 4.74 Å². The minimum Gasteiger partial charge on any atom is -0.377 e. The number of methoxy groups -OCH3 is 1. The molecule has 4 heteroatoms. The summed E-state index contributed by atoms with van der Waals surface area (Å²) in [7, 11) is 1.64. The summed E-state index contributed by atoms with van der Waals surface area (Å²) in [6.45, 7) is 7.62. The van der Waals surface area contributed by atoms with Crippen LogP contribution in [0.5, 0.6) is 0 Å². The van der Waals surface area contributed by atoms with Crippen LogP contribution in [0.3, 0.4) is 0 Å². The molecular formula is C11H22N2O2. The van der Waals surface area contributed by atoms with Crippen LogP contribution in [0, 0.1) is 0 Å². The lowest BCUT2D eigenvalue weighted by Gasteiger charge is -2.18. The van der Waals surface area contributed by atoms with E-state index in [2.05, 4.69) is 5.43 Å². The normalized spacial score (nSPS) is 13.4. The molecule has 0 bridgehead atoms. The van der Waals surface area contributed by atoms with Crippen molar-refractivity contribution in [2.75, 3.05) is 20.2 Å². The molecule has 0 aromatic carbocycles. The SMILES string of the molecule is CCC(C=CC(=O)NN(CC)CC)OC. The highest BCUT2D eigenvalue weighted by molar-refractivity contribution is 5.87. The number of hydrogen-bond donors (Lipinski definition) is 1. The monoisotopic (exact) mass is 214 g/mol. The molecule has 0 spiro atoms. The second kappa shape index (κ2) is 8.44. The zero-order valence-electron chi connectivity index (χ0n) is 10.1. The van der Waals surface area contributed by atoms with E-state index in [1.165, 1.54) is 6.08 Å². The van der Waals surface area contributed by atoms with Crippen LogP contribution >= 0.6 is 0 Å². The summed E-state index contributed by atoms with van der Waals surface area (Å²) in [5, 5.41) is 1.85. The number of amides is 1. The zero-order valence-corrected chi connectivity index (χ0v) is 10.1. The fourth-order valence-electron chi connectivity index (χ4n) is 1.15. The molecule has 0 aromatic heterocycles. The van der Waals surface area contributed by atoms with E-state index in [1.807, 2.05) is 25.8 Å². The smallest absolute Gasteiger partial charge is 0.258 e. The number of carbonyl (C=O) groups is 1. The maximum absolute atomic E-state index is 11.4. The summed E-state index contributed by atoms with van der Waals surface area (Å²) in [5.74, 6) is -0.103. The van der Waals surface area contributed by atoms with E-state index in [4.69, 9.17) is 4.74 Å². The van der Waals surface area contributed by atoms with Gasteiger partial charge in [0, 0.05) is 26.3 Å². The van der Waals surface area contributed by atoms with Crippen molar-refractivity contribution in [1.29, 1.82) is 0 Å². The van der Waals surface area contributed by atoms with E-state index in [0.717, 1.165) is 19.5 Å². The van der Waals surface area contributed by atoms with Crippen LogP contribution in [0.15, 0.2) is 12.2 Å². The molecule has 0 aliphatic carbocycles. The molecule has 88 valence electrons. The molecule has 1 atom stereocenters. The van der Waals surface area contributed by atoms with Gasteiger partial charge >= 0.3 is 0 Å². The minimum atomic E-state index is -0.103. The van der Waals surface area contributed by atoms with Crippen LogP contribution in [-0.2, 0) is 9.53 Å². The second-order valence-electron chi connectivity index (χ2n) is 3.19. The summed E-state index contributed by atoms with van der Waals surface area (Å²) < 4.78 is 5.13. The van der Waals surface area contributed by atoms with Gasteiger partial charge in [-0.3, -0.25) is 10.2 Å². The molecule has 0 aromatic rings. The third-order valence-electron chi connectivity index (χ3n) is 2.20. The molecule has 1 amide bonds. The average Bonchev–Trinajstić information content (AvgIpc) is 2.27. The Labute approximate surface area is 92.3 Å². The number of hydrogen-bond acceptors (Lipinski definition) is 3. The molecule has 0 heterocycles. The van der Waals surface area contributed by atoms with E-state index in [1.54, 1.807) is 13.2 Å². The quantitative estimate of drug-likeness (QED) is 0.513. The predicted octanol–water partition coefficient (Wildman–Crippen LogP) is 1.34. The highest BCUT2D eigenvalue weighted by Crippen LogP contribution is 1.97. The molecule has 1 N–H and O–H groups in total. The lowest BCUT2D eigenvalue weighted by Crippen LogP contribution is -2.41. The molecule has 0 saturated carbocycles. The van der Waals surface area contributed by atoms with E-state index in [9.17, 15) is 4.79 Å². The number of rotatable bonds is 7. The van der Waals surface area contributed by atoms with Crippen LogP contribution < -0.4 is 5.43 Å². The van der Waals surface area contributed by atoms with Gasteiger partial charge in [-0.05, 0) is 6.42 Å². The summed E-state index contributed by atoms with van der Waals surface area (Å²) >= 11 is 0. The van der Waals surface area contributed by atoms with Crippen molar-refractivity contribution in [2.45, 2.75) is 33.3 Å². The fraction of sp³-hybridized carbons (Fsp3) is 0.727. The van der Waals surface area contributed by atoms with Gasteiger partial charge in [-0.1, -0.05) is 26.8 Å². The van der Waals surface area contributed by atoms with E-state index < -0.39 is 0 Å². The van der Waals surface area contributed by atoms with Crippen molar-refractivity contribution >= 4 is 5.91 Å². The standard InChI is InChI=1S/C11H22N2O2/c1-5-10(15-4)8-9-11(14)12-13(6-2)7-3/h8-10H,5-7H2,1-4H3,(H,12,14). The third kappa shape index (κ3) is 6.25. The van der Waals surface area contributed by atoms with Gasteiger partial charge in [0.05, 0.1) is 6.10 Å². The van der Waals surface area contributed by atoms with Crippen LogP contribution in [0.1, 0.15) is 27.2 Å². The van der Waals surface area contributed by atoms with Crippen LogP contribution in [0.2, 0.25) is 0 Å². The molecular weight excluding hydrogens is 192 g/mol. The summed E-state index contributed by atoms with van der Waals surface area (Å²) in [5.41, 5.74) is 2.77. The molecule has 1 unspecified atom stereocenters. The van der Waals surface area contributed by atoms with Crippen LogP contribution in [0.4, 0.5) is 0 Å². The van der Waals surface area contributed by atoms with Gasteiger partial charge in [-0.15, -0.1) is 0 Å². The van der Waals surface area contributed by atoms with Gasteiger partial charge in [0.1, 0.15) is 0 Å². The van der Waals surface area contributed by atoms with E-state index >= 15 is 0 Å². The topological polar surface area (TPSA) is 41.6 Å². The Kier molecular flexibility index (Phi) is 7.95. The Balaban J connectivity index is 4.01. The maximum Gasteiger partial charge on any atom is 0.258 e. The summed E-state index contributed by atoms with van der Waals surface area (Å²) in [6.07, 6.45) is 4.19. The molecule has 4 nitrogen and oxygen atoms in total. The third-order valence-corrected chi connectivity index (χ3v) is 2.20. The van der Waals surface area contributed by atoms with Crippen LogP contribution in [0.25, 0.3) is 0 Å². The number of hydrazine groups is 1. The van der Waals surface area contributed by atoms with Crippen molar-refractivity contribution in [2.24, 2.45) is 0 Å².